The number of likely N-dealkylation sites (tertiary alicyclic amines) is 1. The summed E-state index contributed by atoms with van der Waals surface area (Å²) in [5.74, 6) is 0.694. The summed E-state index contributed by atoms with van der Waals surface area (Å²) >= 11 is 0. The van der Waals surface area contributed by atoms with Crippen LogP contribution in [0.15, 0.2) is 16.8 Å². The van der Waals surface area contributed by atoms with E-state index in [0.29, 0.717) is 18.5 Å². The lowest BCUT2D eigenvalue weighted by molar-refractivity contribution is -0.0598. The van der Waals surface area contributed by atoms with E-state index in [1.807, 2.05) is 0 Å². The monoisotopic (exact) mass is 245 g/mol. The molecule has 0 aliphatic carbocycles. The van der Waals surface area contributed by atoms with Crippen molar-refractivity contribution in [2.24, 2.45) is 10.9 Å². The maximum Gasteiger partial charge on any atom is 0.429 e. The van der Waals surface area contributed by atoms with E-state index in [1.165, 1.54) is 6.20 Å². The lowest BCUT2D eigenvalue weighted by Crippen LogP contribution is -2.51. The Kier molecular flexibility index (Phi) is 2.52. The minimum Gasteiger partial charge on any atom is -0.312 e. The average molecular weight is 245 g/mol. The molecule has 0 saturated carbocycles. The van der Waals surface area contributed by atoms with Crippen molar-refractivity contribution in [2.75, 3.05) is 26.2 Å². The number of rotatable bonds is 2. The minimum absolute atomic E-state index is 0.0389. The van der Waals surface area contributed by atoms with E-state index >= 15 is 0 Å². The van der Waals surface area contributed by atoms with Gasteiger partial charge in [0.1, 0.15) is 5.71 Å². The molecule has 3 rings (SSSR count). The number of hydrogen-bond acceptors (Lipinski definition) is 3. The highest BCUT2D eigenvalue weighted by molar-refractivity contribution is 5.93. The second-order valence-electron chi connectivity index (χ2n) is 5.01. The van der Waals surface area contributed by atoms with E-state index in [-0.39, 0.29) is 6.42 Å². The molecule has 17 heavy (non-hydrogen) atoms. The first-order valence-corrected chi connectivity index (χ1v) is 5.80. The minimum atomic E-state index is -4.27. The van der Waals surface area contributed by atoms with E-state index in [0.717, 1.165) is 25.2 Å². The van der Waals surface area contributed by atoms with Crippen molar-refractivity contribution >= 4 is 5.71 Å². The highest BCUT2D eigenvalue weighted by Gasteiger charge is 2.40. The Bertz CT molecular complexity index is 374. The molecule has 94 valence electrons. The predicted molar refractivity (Wildman–Crippen MR) is 57.9 cm³/mol. The fraction of sp³-hybridized carbons (Fsp3) is 0.727. The number of alkyl halides is 3. The van der Waals surface area contributed by atoms with Crippen LogP contribution in [0.25, 0.3) is 0 Å². The van der Waals surface area contributed by atoms with Gasteiger partial charge in [-0.05, 0) is 5.57 Å². The SMILES string of the molecule is FC(F)(F)C1=NC=C(CN2CC3CNC3C2)C1. The van der Waals surface area contributed by atoms with Crippen molar-refractivity contribution in [3.8, 4) is 0 Å². The van der Waals surface area contributed by atoms with E-state index < -0.39 is 11.9 Å². The Morgan fingerprint density at radius 2 is 2.24 bits per heavy atom. The smallest absolute Gasteiger partial charge is 0.312 e. The molecule has 3 aliphatic rings. The molecule has 0 bridgehead atoms. The van der Waals surface area contributed by atoms with E-state index in [1.54, 1.807) is 0 Å². The van der Waals surface area contributed by atoms with Crippen molar-refractivity contribution in [3.05, 3.63) is 11.8 Å². The topological polar surface area (TPSA) is 27.6 Å². The summed E-state index contributed by atoms with van der Waals surface area (Å²) in [6.07, 6.45) is -2.93. The van der Waals surface area contributed by atoms with Gasteiger partial charge in [-0.1, -0.05) is 0 Å². The van der Waals surface area contributed by atoms with Crippen LogP contribution in [-0.2, 0) is 0 Å². The van der Waals surface area contributed by atoms with Crippen LogP contribution in [-0.4, -0.2) is 49.0 Å². The van der Waals surface area contributed by atoms with Crippen molar-refractivity contribution < 1.29 is 13.2 Å². The standard InChI is InChI=1S/C11H14F3N3/c12-11(13,14)10-1-7(2-16-10)4-17-5-8-3-15-9(8)6-17/h2,8-9,15H,1,3-6H2. The van der Waals surface area contributed by atoms with Crippen LogP contribution < -0.4 is 5.32 Å². The first-order valence-electron chi connectivity index (χ1n) is 5.80. The van der Waals surface area contributed by atoms with Crippen molar-refractivity contribution in [2.45, 2.75) is 18.6 Å². The van der Waals surface area contributed by atoms with Gasteiger partial charge in [0.05, 0.1) is 0 Å². The zero-order valence-corrected chi connectivity index (χ0v) is 9.30. The Morgan fingerprint density at radius 1 is 1.41 bits per heavy atom. The molecule has 2 atom stereocenters. The number of nitrogens with one attached hydrogen (secondary N) is 1. The molecule has 6 heteroatoms. The Hall–Kier alpha value is -0.880. The lowest BCUT2D eigenvalue weighted by Gasteiger charge is -2.30. The zero-order valence-electron chi connectivity index (χ0n) is 9.30. The van der Waals surface area contributed by atoms with E-state index in [9.17, 15) is 13.2 Å². The number of nitrogens with zero attached hydrogens (tertiary/aromatic N) is 2. The first-order chi connectivity index (χ1) is 8.02. The maximum atomic E-state index is 12.4. The largest absolute Gasteiger partial charge is 0.429 e. The third-order valence-electron chi connectivity index (χ3n) is 3.71. The van der Waals surface area contributed by atoms with Crippen LogP contribution in [0.5, 0.6) is 0 Å². The van der Waals surface area contributed by atoms with Crippen LogP contribution in [0.3, 0.4) is 0 Å². The molecule has 1 N–H and O–H groups in total. The third-order valence-corrected chi connectivity index (χ3v) is 3.71. The summed E-state index contributed by atoms with van der Waals surface area (Å²) in [5.41, 5.74) is 0.117. The van der Waals surface area contributed by atoms with Crippen molar-refractivity contribution in [1.29, 1.82) is 0 Å². The Balaban J connectivity index is 1.52. The molecule has 3 aliphatic heterocycles. The first kappa shape index (κ1) is 11.2. The van der Waals surface area contributed by atoms with E-state index in [4.69, 9.17) is 0 Å². The van der Waals surface area contributed by atoms with E-state index in [2.05, 4.69) is 15.2 Å². The van der Waals surface area contributed by atoms with Crippen molar-refractivity contribution in [1.82, 2.24) is 10.2 Å². The van der Waals surface area contributed by atoms with Gasteiger partial charge in [0.2, 0.25) is 0 Å². The molecule has 2 fully saturated rings. The zero-order chi connectivity index (χ0) is 12.0. The Labute approximate surface area is 97.4 Å². The molecular formula is C11H14F3N3. The van der Waals surface area contributed by atoms with Crippen LogP contribution in [0, 0.1) is 5.92 Å². The molecule has 3 nitrogen and oxygen atoms in total. The number of fused-ring (bicyclic) bond motifs is 1. The quantitative estimate of drug-likeness (QED) is 0.791. The maximum absolute atomic E-state index is 12.4. The third kappa shape index (κ3) is 2.11. The lowest BCUT2D eigenvalue weighted by atomic mass is 9.96. The predicted octanol–water partition coefficient (Wildman–Crippen LogP) is 1.18. The molecule has 0 aromatic rings. The normalized spacial score (nSPS) is 33.1. The van der Waals surface area contributed by atoms with Gasteiger partial charge in [-0.15, -0.1) is 0 Å². The summed E-state index contributed by atoms with van der Waals surface area (Å²) in [7, 11) is 0. The van der Waals surface area contributed by atoms with Gasteiger partial charge in [-0.3, -0.25) is 9.89 Å². The molecule has 3 heterocycles. The molecule has 2 unspecified atom stereocenters. The molecule has 0 amide bonds. The van der Waals surface area contributed by atoms with Crippen LogP contribution in [0.2, 0.25) is 0 Å². The summed E-state index contributed by atoms with van der Waals surface area (Å²) in [4.78, 5) is 5.69. The van der Waals surface area contributed by atoms with Gasteiger partial charge in [0.25, 0.3) is 0 Å². The number of halogens is 3. The highest BCUT2D eigenvalue weighted by atomic mass is 19.4. The highest BCUT2D eigenvalue weighted by Crippen LogP contribution is 2.29. The molecule has 2 saturated heterocycles. The molecule has 0 aromatic heterocycles. The summed E-state index contributed by atoms with van der Waals surface area (Å²) in [5, 5.41) is 3.33. The fourth-order valence-corrected chi connectivity index (χ4v) is 2.70. The van der Waals surface area contributed by atoms with Gasteiger partial charge in [0.15, 0.2) is 0 Å². The number of aliphatic imine (C=N–C) groups is 1. The summed E-state index contributed by atoms with van der Waals surface area (Å²) < 4.78 is 37.2. The molecular weight excluding hydrogens is 231 g/mol. The Morgan fingerprint density at radius 3 is 2.71 bits per heavy atom. The molecule has 0 spiro atoms. The van der Waals surface area contributed by atoms with Crippen LogP contribution in [0.4, 0.5) is 13.2 Å². The second-order valence-corrected chi connectivity index (χ2v) is 5.01. The summed E-state index contributed by atoms with van der Waals surface area (Å²) in [6, 6.07) is 0.556. The average Bonchev–Trinajstić information content (AvgIpc) is 2.76. The van der Waals surface area contributed by atoms with Gasteiger partial charge in [-0.2, -0.15) is 13.2 Å². The number of hydrogen-bond donors (Lipinski definition) is 1. The molecule has 0 aromatic carbocycles. The van der Waals surface area contributed by atoms with Gasteiger partial charge in [-0.25, -0.2) is 0 Å². The van der Waals surface area contributed by atoms with Gasteiger partial charge >= 0.3 is 6.18 Å². The summed E-state index contributed by atoms with van der Waals surface area (Å²) in [6.45, 7) is 3.61. The fourth-order valence-electron chi connectivity index (χ4n) is 2.70. The van der Waals surface area contributed by atoms with Gasteiger partial charge < -0.3 is 5.32 Å². The second kappa shape index (κ2) is 3.81. The van der Waals surface area contributed by atoms with Crippen LogP contribution >= 0.6 is 0 Å². The molecule has 0 radical (unpaired) electrons. The van der Waals surface area contributed by atoms with Crippen molar-refractivity contribution in [3.63, 3.8) is 0 Å². The van der Waals surface area contributed by atoms with Crippen LogP contribution in [0.1, 0.15) is 6.42 Å². The van der Waals surface area contributed by atoms with Gasteiger partial charge in [0, 0.05) is 50.8 Å².